The summed E-state index contributed by atoms with van der Waals surface area (Å²) in [7, 11) is 0. The maximum atomic E-state index is 13.2. The average Bonchev–Trinajstić information content (AvgIpc) is 2.84. The molecule has 0 saturated carbocycles. The van der Waals surface area contributed by atoms with Crippen LogP contribution in [0.2, 0.25) is 0 Å². The Morgan fingerprint density at radius 2 is 1.18 bits per heavy atom. The highest BCUT2D eigenvalue weighted by Gasteiger charge is 2.27. The van der Waals surface area contributed by atoms with E-state index in [1.807, 2.05) is 60.7 Å². The first-order valence-electron chi connectivity index (χ1n) is 10.6. The van der Waals surface area contributed by atoms with Gasteiger partial charge in [0.1, 0.15) is 13.2 Å². The minimum Gasteiger partial charge on any atom is -0.458 e. The van der Waals surface area contributed by atoms with Crippen molar-refractivity contribution in [2.45, 2.75) is 13.0 Å². The fourth-order valence-corrected chi connectivity index (χ4v) is 4.27. The Bertz CT molecular complexity index is 1320. The molecule has 0 bridgehead atoms. The monoisotopic (exact) mass is 440 g/mol. The van der Waals surface area contributed by atoms with Crippen LogP contribution in [0.15, 0.2) is 72.8 Å². The number of carbonyl (C=O) groups is 3. The number of fused-ring (bicyclic) bond motifs is 7. The van der Waals surface area contributed by atoms with E-state index in [2.05, 4.69) is 0 Å². The standard InChI is InChI=1S/C27H20O6/c1-16(28)33-19-14-31-26(29)22-12-10-17-6-2-4-8-20(17)24(22)25-21-9-5-3-7-18(21)11-13-23(25)27(30)32-15-19/h2-13,19H,14-15H2,1H3. The number of carbonyl (C=O) groups excluding carboxylic acids is 3. The molecule has 0 aromatic heterocycles. The lowest BCUT2D eigenvalue weighted by molar-refractivity contribution is -0.151. The molecule has 0 N–H and O–H groups in total. The van der Waals surface area contributed by atoms with Crippen LogP contribution in [-0.4, -0.2) is 37.2 Å². The molecule has 0 amide bonds. The summed E-state index contributed by atoms with van der Waals surface area (Å²) in [5.74, 6) is -1.69. The van der Waals surface area contributed by atoms with Crippen molar-refractivity contribution in [1.82, 2.24) is 0 Å². The van der Waals surface area contributed by atoms with Crippen molar-refractivity contribution in [2.24, 2.45) is 0 Å². The number of esters is 3. The van der Waals surface area contributed by atoms with Crippen LogP contribution in [0.25, 0.3) is 32.7 Å². The van der Waals surface area contributed by atoms with E-state index in [0.717, 1.165) is 21.5 Å². The number of hydrogen-bond donors (Lipinski definition) is 0. The summed E-state index contributed by atoms with van der Waals surface area (Å²) in [5, 5.41) is 3.47. The molecule has 1 aliphatic heterocycles. The first-order chi connectivity index (χ1) is 16.0. The third-order valence-electron chi connectivity index (χ3n) is 5.68. The highest BCUT2D eigenvalue weighted by molar-refractivity contribution is 6.17. The van der Waals surface area contributed by atoms with Gasteiger partial charge in [-0.2, -0.15) is 0 Å². The van der Waals surface area contributed by atoms with Crippen molar-refractivity contribution >= 4 is 39.5 Å². The van der Waals surface area contributed by atoms with E-state index in [1.165, 1.54) is 6.92 Å². The van der Waals surface area contributed by atoms with Crippen molar-refractivity contribution in [3.05, 3.63) is 83.9 Å². The topological polar surface area (TPSA) is 78.9 Å². The number of rotatable bonds is 1. The molecule has 0 saturated heterocycles. The summed E-state index contributed by atoms with van der Waals surface area (Å²) in [6, 6.07) is 22.4. The Hall–Kier alpha value is -4.19. The van der Waals surface area contributed by atoms with Crippen LogP contribution in [0.5, 0.6) is 0 Å². The predicted octanol–water partition coefficient (Wildman–Crippen LogP) is 4.92. The van der Waals surface area contributed by atoms with E-state index in [4.69, 9.17) is 14.2 Å². The highest BCUT2D eigenvalue weighted by atomic mass is 16.6. The van der Waals surface area contributed by atoms with Crippen LogP contribution in [0, 0.1) is 0 Å². The normalized spacial score (nSPS) is 14.6. The summed E-state index contributed by atoms with van der Waals surface area (Å²) in [6.07, 6.45) is -0.902. The van der Waals surface area contributed by atoms with Crippen LogP contribution in [0.1, 0.15) is 27.6 Å². The van der Waals surface area contributed by atoms with Gasteiger partial charge in [-0.25, -0.2) is 9.59 Å². The molecule has 164 valence electrons. The molecule has 0 atom stereocenters. The van der Waals surface area contributed by atoms with Crippen molar-refractivity contribution in [3.63, 3.8) is 0 Å². The molecule has 5 rings (SSSR count). The molecule has 6 heteroatoms. The van der Waals surface area contributed by atoms with Crippen LogP contribution < -0.4 is 0 Å². The Morgan fingerprint density at radius 1 is 0.727 bits per heavy atom. The van der Waals surface area contributed by atoms with Gasteiger partial charge in [0, 0.05) is 18.1 Å². The van der Waals surface area contributed by atoms with Crippen LogP contribution in [0.3, 0.4) is 0 Å². The number of ether oxygens (including phenoxy) is 3. The van der Waals surface area contributed by atoms with Gasteiger partial charge in [-0.1, -0.05) is 60.7 Å². The van der Waals surface area contributed by atoms with Gasteiger partial charge < -0.3 is 14.2 Å². The lowest BCUT2D eigenvalue weighted by Crippen LogP contribution is -2.30. The lowest BCUT2D eigenvalue weighted by atomic mass is 9.87. The second-order valence-corrected chi connectivity index (χ2v) is 7.85. The molecule has 0 radical (unpaired) electrons. The van der Waals surface area contributed by atoms with Crippen LogP contribution in [-0.2, 0) is 19.0 Å². The molecule has 0 unspecified atom stereocenters. The third kappa shape index (κ3) is 3.80. The van der Waals surface area contributed by atoms with E-state index in [0.29, 0.717) is 22.3 Å². The van der Waals surface area contributed by atoms with Gasteiger partial charge in [0.05, 0.1) is 11.1 Å². The van der Waals surface area contributed by atoms with E-state index in [1.54, 1.807) is 12.1 Å². The molecule has 4 aromatic carbocycles. The molecule has 1 heterocycles. The van der Waals surface area contributed by atoms with Crippen molar-refractivity contribution < 1.29 is 28.6 Å². The second-order valence-electron chi connectivity index (χ2n) is 7.85. The lowest BCUT2D eigenvalue weighted by Gasteiger charge is -2.17. The quantitative estimate of drug-likeness (QED) is 0.309. The summed E-state index contributed by atoms with van der Waals surface area (Å²) < 4.78 is 16.2. The van der Waals surface area contributed by atoms with Crippen LogP contribution in [0.4, 0.5) is 0 Å². The molecule has 6 nitrogen and oxygen atoms in total. The fourth-order valence-electron chi connectivity index (χ4n) is 4.27. The van der Waals surface area contributed by atoms with Crippen molar-refractivity contribution in [2.75, 3.05) is 13.2 Å². The van der Waals surface area contributed by atoms with Gasteiger partial charge in [0.25, 0.3) is 0 Å². The second kappa shape index (κ2) is 8.39. The minimum absolute atomic E-state index is 0.227. The Labute approximate surface area is 189 Å². The Kier molecular flexibility index (Phi) is 5.26. The van der Waals surface area contributed by atoms with Gasteiger partial charge in [-0.3, -0.25) is 4.79 Å². The SMILES string of the molecule is CC(=O)OC1COC(=O)c2ccc3ccccc3c2-c2c(ccc3ccccc23)C(=O)OC1. The maximum absolute atomic E-state index is 13.2. The Balaban J connectivity index is 1.84. The number of hydrogen-bond acceptors (Lipinski definition) is 6. The first-order valence-corrected chi connectivity index (χ1v) is 10.6. The van der Waals surface area contributed by atoms with Gasteiger partial charge in [-0.15, -0.1) is 0 Å². The molecule has 0 spiro atoms. The largest absolute Gasteiger partial charge is 0.458 e. The van der Waals surface area contributed by atoms with Crippen molar-refractivity contribution in [1.29, 1.82) is 0 Å². The van der Waals surface area contributed by atoms with Gasteiger partial charge in [0.15, 0.2) is 6.10 Å². The van der Waals surface area contributed by atoms with E-state index < -0.39 is 24.0 Å². The van der Waals surface area contributed by atoms with E-state index >= 15 is 0 Å². The zero-order valence-corrected chi connectivity index (χ0v) is 17.9. The average molecular weight is 440 g/mol. The maximum Gasteiger partial charge on any atom is 0.338 e. The molecular formula is C27H20O6. The van der Waals surface area contributed by atoms with Gasteiger partial charge in [0.2, 0.25) is 0 Å². The summed E-state index contributed by atoms with van der Waals surface area (Å²) in [6.45, 7) is 0.793. The van der Waals surface area contributed by atoms with E-state index in [9.17, 15) is 14.4 Å². The first kappa shape index (κ1) is 20.7. The third-order valence-corrected chi connectivity index (χ3v) is 5.68. The molecule has 0 fully saturated rings. The predicted molar refractivity (Wildman–Crippen MR) is 123 cm³/mol. The van der Waals surface area contributed by atoms with Gasteiger partial charge in [-0.05, 0) is 33.7 Å². The molecule has 1 aliphatic rings. The summed E-state index contributed by atoms with van der Waals surface area (Å²) >= 11 is 0. The van der Waals surface area contributed by atoms with E-state index in [-0.39, 0.29) is 13.2 Å². The van der Waals surface area contributed by atoms with Gasteiger partial charge >= 0.3 is 17.9 Å². The molecule has 4 aromatic rings. The zero-order chi connectivity index (χ0) is 22.9. The molecule has 33 heavy (non-hydrogen) atoms. The number of cyclic esters (lactones) is 2. The summed E-state index contributed by atoms with van der Waals surface area (Å²) in [5.41, 5.74) is 1.85. The Morgan fingerprint density at radius 3 is 1.64 bits per heavy atom. The zero-order valence-electron chi connectivity index (χ0n) is 17.9. The summed E-state index contributed by atoms with van der Waals surface area (Å²) in [4.78, 5) is 38.0. The molecular weight excluding hydrogens is 420 g/mol. The highest BCUT2D eigenvalue weighted by Crippen LogP contribution is 2.40. The minimum atomic E-state index is -0.902. The smallest absolute Gasteiger partial charge is 0.338 e. The fraction of sp³-hybridized carbons (Fsp3) is 0.148. The molecule has 0 aliphatic carbocycles. The van der Waals surface area contributed by atoms with Crippen molar-refractivity contribution in [3.8, 4) is 11.1 Å². The van der Waals surface area contributed by atoms with Crippen LogP contribution >= 0.6 is 0 Å². The number of benzene rings is 4.